The number of imidazole rings is 1. The first-order valence-electron chi connectivity index (χ1n) is 10.3. The number of hydrogen-bond donors (Lipinski definition) is 3. The van der Waals surface area contributed by atoms with E-state index in [-0.39, 0.29) is 11.7 Å². The SMILES string of the molecule is Nc1nc2ccccc2c2c1ncn2CCCCCC(=O)NCc1cc(Br)ccc1O. The number of carbonyl (C=O) groups is 1. The van der Waals surface area contributed by atoms with Gasteiger partial charge in [0.25, 0.3) is 0 Å². The Morgan fingerprint density at radius 1 is 1.16 bits per heavy atom. The highest BCUT2D eigenvalue weighted by atomic mass is 79.9. The van der Waals surface area contributed by atoms with Crippen LogP contribution in [-0.2, 0) is 17.9 Å². The van der Waals surface area contributed by atoms with Crippen molar-refractivity contribution in [3.05, 3.63) is 58.8 Å². The molecule has 0 radical (unpaired) electrons. The second-order valence-electron chi connectivity index (χ2n) is 7.51. The van der Waals surface area contributed by atoms with Gasteiger partial charge in [0, 0.05) is 34.9 Å². The average Bonchev–Trinajstić information content (AvgIpc) is 3.19. The van der Waals surface area contributed by atoms with Crippen molar-refractivity contribution >= 4 is 49.6 Å². The van der Waals surface area contributed by atoms with Crippen LogP contribution in [0, 0.1) is 0 Å². The Kier molecular flexibility index (Phi) is 6.36. The van der Waals surface area contributed by atoms with Gasteiger partial charge in [-0.1, -0.05) is 40.5 Å². The fourth-order valence-corrected chi connectivity index (χ4v) is 4.11. The predicted molar refractivity (Wildman–Crippen MR) is 126 cm³/mol. The molecule has 1 amide bonds. The van der Waals surface area contributed by atoms with Crippen LogP contribution in [0.4, 0.5) is 5.82 Å². The molecule has 0 saturated heterocycles. The zero-order valence-electron chi connectivity index (χ0n) is 17.0. The van der Waals surface area contributed by atoms with Crippen molar-refractivity contribution in [2.75, 3.05) is 5.73 Å². The Morgan fingerprint density at radius 3 is 2.87 bits per heavy atom. The zero-order valence-corrected chi connectivity index (χ0v) is 18.6. The van der Waals surface area contributed by atoms with Gasteiger partial charge in [0.1, 0.15) is 11.3 Å². The summed E-state index contributed by atoms with van der Waals surface area (Å²) in [5.74, 6) is 0.609. The van der Waals surface area contributed by atoms with Crippen LogP contribution in [0.3, 0.4) is 0 Å². The number of carbonyl (C=O) groups excluding carboxylic acids is 1. The van der Waals surface area contributed by atoms with Crippen LogP contribution in [0.2, 0.25) is 0 Å². The Bertz CT molecular complexity index is 1240. The second-order valence-corrected chi connectivity index (χ2v) is 8.43. The van der Waals surface area contributed by atoms with Gasteiger partial charge in [-0.3, -0.25) is 4.79 Å². The van der Waals surface area contributed by atoms with Crippen LogP contribution in [-0.4, -0.2) is 25.5 Å². The second kappa shape index (κ2) is 9.34. The maximum atomic E-state index is 12.1. The fraction of sp³-hybridized carbons (Fsp3) is 0.261. The first kappa shape index (κ1) is 21.1. The first-order valence-corrected chi connectivity index (χ1v) is 11.1. The van der Waals surface area contributed by atoms with Crippen LogP contribution in [0.25, 0.3) is 21.9 Å². The Morgan fingerprint density at radius 2 is 2.00 bits per heavy atom. The summed E-state index contributed by atoms with van der Waals surface area (Å²) in [5.41, 5.74) is 9.38. The minimum Gasteiger partial charge on any atom is -0.508 e. The number of aromatic hydroxyl groups is 1. The van der Waals surface area contributed by atoms with E-state index in [9.17, 15) is 9.90 Å². The largest absolute Gasteiger partial charge is 0.508 e. The molecule has 0 atom stereocenters. The third kappa shape index (κ3) is 4.80. The van der Waals surface area contributed by atoms with E-state index in [1.807, 2.05) is 30.6 Å². The highest BCUT2D eigenvalue weighted by molar-refractivity contribution is 9.10. The number of nitrogen functional groups attached to an aromatic ring is 1. The van der Waals surface area contributed by atoms with Gasteiger partial charge >= 0.3 is 0 Å². The number of nitrogens with one attached hydrogen (secondary N) is 1. The van der Waals surface area contributed by atoms with E-state index in [0.717, 1.165) is 52.2 Å². The van der Waals surface area contributed by atoms with Gasteiger partial charge in [-0.2, -0.15) is 0 Å². The molecule has 0 aliphatic heterocycles. The number of pyridine rings is 1. The van der Waals surface area contributed by atoms with Crippen molar-refractivity contribution in [1.82, 2.24) is 19.9 Å². The normalized spacial score (nSPS) is 11.3. The maximum absolute atomic E-state index is 12.1. The molecule has 0 aliphatic carbocycles. The molecule has 0 fully saturated rings. The summed E-state index contributed by atoms with van der Waals surface area (Å²) in [6.07, 6.45) is 4.92. The standard InChI is InChI=1S/C23H24BrN5O2/c24-16-9-10-19(30)15(12-16)13-26-20(31)8-2-1-5-11-29-14-27-21-22(29)17-6-3-4-7-18(17)28-23(21)25/h3-4,6-7,9-10,12,14,30H,1-2,5,8,11,13H2,(H2,25,28)(H,26,31). The number of unbranched alkanes of at least 4 members (excludes halogenated alkanes) is 2. The molecule has 2 aromatic heterocycles. The predicted octanol–water partition coefficient (Wildman–Crippen LogP) is 4.51. The Hall–Kier alpha value is -3.13. The molecule has 2 aromatic carbocycles. The maximum Gasteiger partial charge on any atom is 0.220 e. The number of phenols is 1. The molecule has 0 spiro atoms. The topological polar surface area (TPSA) is 106 Å². The lowest BCUT2D eigenvalue weighted by Crippen LogP contribution is -2.22. The van der Waals surface area contributed by atoms with Crippen molar-refractivity contribution in [2.24, 2.45) is 0 Å². The van der Waals surface area contributed by atoms with E-state index in [1.165, 1.54) is 0 Å². The number of benzene rings is 2. The minimum absolute atomic E-state index is 0.0164. The number of anilines is 1. The summed E-state index contributed by atoms with van der Waals surface area (Å²) in [7, 11) is 0. The van der Waals surface area contributed by atoms with Crippen molar-refractivity contribution in [3.8, 4) is 5.75 Å². The number of phenolic OH excluding ortho intramolecular Hbond substituents is 1. The van der Waals surface area contributed by atoms with Gasteiger partial charge in [-0.15, -0.1) is 0 Å². The van der Waals surface area contributed by atoms with E-state index < -0.39 is 0 Å². The summed E-state index contributed by atoms with van der Waals surface area (Å²) < 4.78 is 2.98. The van der Waals surface area contributed by atoms with Crippen LogP contribution < -0.4 is 11.1 Å². The van der Waals surface area contributed by atoms with E-state index >= 15 is 0 Å². The van der Waals surface area contributed by atoms with E-state index in [2.05, 4.69) is 35.8 Å². The van der Waals surface area contributed by atoms with Crippen molar-refractivity contribution in [1.29, 1.82) is 0 Å². The molecule has 0 unspecified atom stereocenters. The van der Waals surface area contributed by atoms with E-state index in [1.54, 1.807) is 18.2 Å². The van der Waals surface area contributed by atoms with Crippen LogP contribution in [0.15, 0.2) is 53.3 Å². The third-order valence-electron chi connectivity index (χ3n) is 5.30. The number of halogens is 1. The van der Waals surface area contributed by atoms with Gasteiger partial charge in [0.15, 0.2) is 5.82 Å². The number of nitrogens with two attached hydrogens (primary N) is 1. The van der Waals surface area contributed by atoms with Crippen molar-refractivity contribution < 1.29 is 9.90 Å². The summed E-state index contributed by atoms with van der Waals surface area (Å²) in [5, 5.41) is 13.8. The summed E-state index contributed by atoms with van der Waals surface area (Å²) in [4.78, 5) is 21.0. The third-order valence-corrected chi connectivity index (χ3v) is 5.79. The summed E-state index contributed by atoms with van der Waals surface area (Å²) in [6, 6.07) is 13.1. The zero-order chi connectivity index (χ0) is 21.8. The molecule has 7 nitrogen and oxygen atoms in total. The number of aromatic nitrogens is 3. The summed E-state index contributed by atoms with van der Waals surface area (Å²) >= 11 is 3.37. The first-order chi connectivity index (χ1) is 15.0. The molecule has 4 aromatic rings. The molecule has 2 heterocycles. The number of amides is 1. The van der Waals surface area contributed by atoms with Crippen molar-refractivity contribution in [2.45, 2.75) is 38.8 Å². The lowest BCUT2D eigenvalue weighted by atomic mass is 10.1. The molecule has 0 bridgehead atoms. The van der Waals surface area contributed by atoms with Gasteiger partial charge in [-0.05, 0) is 37.1 Å². The number of para-hydroxylation sites is 1. The fourth-order valence-electron chi connectivity index (χ4n) is 3.70. The van der Waals surface area contributed by atoms with Crippen LogP contribution in [0.5, 0.6) is 5.75 Å². The molecule has 8 heteroatoms. The quantitative estimate of drug-likeness (QED) is 0.321. The van der Waals surface area contributed by atoms with E-state index in [4.69, 9.17) is 5.73 Å². The van der Waals surface area contributed by atoms with E-state index in [0.29, 0.717) is 24.3 Å². The van der Waals surface area contributed by atoms with Gasteiger partial charge < -0.3 is 20.7 Å². The summed E-state index contributed by atoms with van der Waals surface area (Å²) in [6.45, 7) is 1.12. The number of aryl methyl sites for hydroxylation is 1. The highest BCUT2D eigenvalue weighted by Gasteiger charge is 2.12. The molecule has 4 N–H and O–H groups in total. The molecule has 160 valence electrons. The molecular formula is C23H24BrN5O2. The average molecular weight is 482 g/mol. The van der Waals surface area contributed by atoms with Crippen LogP contribution >= 0.6 is 15.9 Å². The lowest BCUT2D eigenvalue weighted by molar-refractivity contribution is -0.121. The number of rotatable bonds is 8. The Balaban J connectivity index is 1.28. The van der Waals surface area contributed by atoms with Crippen molar-refractivity contribution in [3.63, 3.8) is 0 Å². The highest BCUT2D eigenvalue weighted by Crippen LogP contribution is 2.27. The Labute approximate surface area is 188 Å². The number of hydrogen-bond acceptors (Lipinski definition) is 5. The monoisotopic (exact) mass is 481 g/mol. The molecule has 0 saturated carbocycles. The van der Waals surface area contributed by atoms with Crippen LogP contribution in [0.1, 0.15) is 31.2 Å². The smallest absolute Gasteiger partial charge is 0.220 e. The molecule has 31 heavy (non-hydrogen) atoms. The number of fused-ring (bicyclic) bond motifs is 3. The van der Waals surface area contributed by atoms with Gasteiger partial charge in [-0.25, -0.2) is 9.97 Å². The van der Waals surface area contributed by atoms with Gasteiger partial charge in [0.05, 0.1) is 17.4 Å². The molecular weight excluding hydrogens is 458 g/mol. The minimum atomic E-state index is -0.0164. The lowest BCUT2D eigenvalue weighted by Gasteiger charge is -2.09. The molecule has 4 rings (SSSR count). The number of nitrogens with zero attached hydrogens (tertiary/aromatic N) is 3. The molecule has 0 aliphatic rings. The van der Waals surface area contributed by atoms with Gasteiger partial charge in [0.2, 0.25) is 5.91 Å².